The summed E-state index contributed by atoms with van der Waals surface area (Å²) in [6, 6.07) is 10.2. The minimum Gasteiger partial charge on any atom is -0.350 e. The molecule has 0 heterocycles. The van der Waals surface area contributed by atoms with Crippen LogP contribution >= 0.6 is 0 Å². The van der Waals surface area contributed by atoms with Gasteiger partial charge < -0.3 is 10.6 Å². The third kappa shape index (κ3) is 5.79. The lowest BCUT2D eigenvalue weighted by Crippen LogP contribution is -2.47. The third-order valence-electron chi connectivity index (χ3n) is 4.26. The number of sulfonamides is 1. The Balaban J connectivity index is 2.38. The molecule has 0 bridgehead atoms. The standard InChI is InChI=1S/C21H26FN3O4S/c1-5-19(25(30(4,28)29)16-12-10-15(22)11-13-16)21(27)24-18-9-7-6-8-17(18)20(26)23-14(2)3/h6-14,19H,5H2,1-4H3,(H,23,26)(H,24,27)/t19-/m0/s1. The van der Waals surface area contributed by atoms with E-state index in [0.29, 0.717) is 0 Å². The summed E-state index contributed by atoms with van der Waals surface area (Å²) in [7, 11) is -3.85. The van der Waals surface area contributed by atoms with Gasteiger partial charge in [0, 0.05) is 6.04 Å². The molecule has 2 aromatic carbocycles. The first-order chi connectivity index (χ1) is 14.0. The number of amides is 2. The van der Waals surface area contributed by atoms with Crippen molar-refractivity contribution in [3.63, 3.8) is 0 Å². The van der Waals surface area contributed by atoms with Crippen LogP contribution in [0.25, 0.3) is 0 Å². The van der Waals surface area contributed by atoms with Crippen molar-refractivity contribution in [2.24, 2.45) is 0 Å². The molecule has 2 N–H and O–H groups in total. The van der Waals surface area contributed by atoms with Crippen LogP contribution in [0.15, 0.2) is 48.5 Å². The van der Waals surface area contributed by atoms with Gasteiger partial charge in [0.2, 0.25) is 15.9 Å². The average Bonchev–Trinajstić information content (AvgIpc) is 2.65. The number of nitrogens with one attached hydrogen (secondary N) is 2. The van der Waals surface area contributed by atoms with E-state index in [2.05, 4.69) is 10.6 Å². The summed E-state index contributed by atoms with van der Waals surface area (Å²) in [5.41, 5.74) is 0.709. The lowest BCUT2D eigenvalue weighted by atomic mass is 10.1. The van der Waals surface area contributed by atoms with Crippen molar-refractivity contribution in [3.05, 3.63) is 59.9 Å². The zero-order valence-corrected chi connectivity index (χ0v) is 18.2. The Morgan fingerprint density at radius 2 is 1.67 bits per heavy atom. The van der Waals surface area contributed by atoms with Crippen LogP contribution in [-0.2, 0) is 14.8 Å². The van der Waals surface area contributed by atoms with Gasteiger partial charge in [-0.2, -0.15) is 0 Å². The van der Waals surface area contributed by atoms with Crippen LogP contribution < -0.4 is 14.9 Å². The quantitative estimate of drug-likeness (QED) is 0.666. The highest BCUT2D eigenvalue weighted by Gasteiger charge is 2.32. The van der Waals surface area contributed by atoms with E-state index in [1.54, 1.807) is 31.2 Å². The molecule has 0 aliphatic rings. The van der Waals surface area contributed by atoms with Crippen molar-refractivity contribution in [3.8, 4) is 0 Å². The van der Waals surface area contributed by atoms with E-state index in [9.17, 15) is 22.4 Å². The number of hydrogen-bond acceptors (Lipinski definition) is 4. The molecular weight excluding hydrogens is 409 g/mol. The maximum atomic E-state index is 13.3. The molecular formula is C21H26FN3O4S. The van der Waals surface area contributed by atoms with Crippen molar-refractivity contribution in [1.29, 1.82) is 0 Å². The monoisotopic (exact) mass is 435 g/mol. The zero-order chi connectivity index (χ0) is 22.5. The summed E-state index contributed by atoms with van der Waals surface area (Å²) >= 11 is 0. The maximum Gasteiger partial charge on any atom is 0.253 e. The Bertz CT molecular complexity index is 1010. The van der Waals surface area contributed by atoms with Crippen molar-refractivity contribution < 1.29 is 22.4 Å². The molecule has 0 aliphatic carbocycles. The maximum absolute atomic E-state index is 13.3. The fraction of sp³-hybridized carbons (Fsp3) is 0.333. The van der Waals surface area contributed by atoms with E-state index in [1.165, 1.54) is 12.1 Å². The van der Waals surface area contributed by atoms with Crippen molar-refractivity contribution in [2.45, 2.75) is 39.3 Å². The van der Waals surface area contributed by atoms with Crippen LogP contribution in [0.4, 0.5) is 15.8 Å². The van der Waals surface area contributed by atoms with Crippen LogP contribution in [0.3, 0.4) is 0 Å². The van der Waals surface area contributed by atoms with E-state index >= 15 is 0 Å². The van der Waals surface area contributed by atoms with Crippen molar-refractivity contribution in [2.75, 3.05) is 15.9 Å². The Morgan fingerprint density at radius 3 is 2.20 bits per heavy atom. The van der Waals surface area contributed by atoms with Gasteiger partial charge in [0.15, 0.2) is 0 Å². The molecule has 2 rings (SSSR count). The number of carbonyl (C=O) groups excluding carboxylic acids is 2. The lowest BCUT2D eigenvalue weighted by molar-refractivity contribution is -0.117. The molecule has 162 valence electrons. The zero-order valence-electron chi connectivity index (χ0n) is 17.3. The number of halogens is 1. The van der Waals surface area contributed by atoms with Gasteiger partial charge in [0.25, 0.3) is 5.91 Å². The smallest absolute Gasteiger partial charge is 0.253 e. The van der Waals surface area contributed by atoms with Crippen LogP contribution in [0, 0.1) is 5.82 Å². The Kier molecular flexibility index (Phi) is 7.55. The summed E-state index contributed by atoms with van der Waals surface area (Å²) in [6.45, 7) is 5.31. The van der Waals surface area contributed by atoms with Crippen LogP contribution in [0.5, 0.6) is 0 Å². The molecule has 7 nitrogen and oxygen atoms in total. The molecule has 0 aromatic heterocycles. The highest BCUT2D eigenvalue weighted by molar-refractivity contribution is 7.92. The average molecular weight is 436 g/mol. The van der Waals surface area contributed by atoms with Gasteiger partial charge >= 0.3 is 0 Å². The fourth-order valence-corrected chi connectivity index (χ4v) is 4.21. The van der Waals surface area contributed by atoms with Crippen molar-refractivity contribution in [1.82, 2.24) is 5.32 Å². The number of anilines is 2. The van der Waals surface area contributed by atoms with Crippen LogP contribution in [0.2, 0.25) is 0 Å². The molecule has 2 amide bonds. The molecule has 0 radical (unpaired) electrons. The van der Waals surface area contributed by atoms with Gasteiger partial charge in [0.05, 0.1) is 23.2 Å². The predicted octanol–water partition coefficient (Wildman–Crippen LogP) is 3.15. The Labute approximate surface area is 176 Å². The number of benzene rings is 2. The topological polar surface area (TPSA) is 95.6 Å². The first-order valence-corrected chi connectivity index (χ1v) is 11.3. The molecule has 1 atom stereocenters. The molecule has 0 fully saturated rings. The van der Waals surface area contributed by atoms with Gasteiger partial charge in [-0.3, -0.25) is 13.9 Å². The second-order valence-corrected chi connectivity index (χ2v) is 8.98. The van der Waals surface area contributed by atoms with Gasteiger partial charge in [-0.05, 0) is 56.7 Å². The molecule has 2 aromatic rings. The predicted molar refractivity (Wildman–Crippen MR) is 115 cm³/mol. The Morgan fingerprint density at radius 1 is 1.07 bits per heavy atom. The molecule has 9 heteroatoms. The van der Waals surface area contributed by atoms with Crippen molar-refractivity contribution >= 4 is 33.2 Å². The summed E-state index contributed by atoms with van der Waals surface area (Å²) in [5, 5.41) is 5.43. The van der Waals surface area contributed by atoms with Crippen LogP contribution in [-0.4, -0.2) is 38.6 Å². The summed E-state index contributed by atoms with van der Waals surface area (Å²) in [6.07, 6.45) is 1.15. The molecule has 30 heavy (non-hydrogen) atoms. The highest BCUT2D eigenvalue weighted by atomic mass is 32.2. The number of nitrogens with zero attached hydrogens (tertiary/aromatic N) is 1. The van der Waals surface area contributed by atoms with E-state index < -0.39 is 27.8 Å². The minimum absolute atomic E-state index is 0.0937. The summed E-state index contributed by atoms with van der Waals surface area (Å²) < 4.78 is 39.2. The van der Waals surface area contributed by atoms with Gasteiger partial charge in [-0.1, -0.05) is 19.1 Å². The van der Waals surface area contributed by atoms with Gasteiger partial charge in [-0.15, -0.1) is 0 Å². The van der Waals surface area contributed by atoms with E-state index in [-0.39, 0.29) is 35.3 Å². The Hall–Kier alpha value is -2.94. The normalized spacial score (nSPS) is 12.3. The molecule has 0 spiro atoms. The second kappa shape index (κ2) is 9.71. The van der Waals surface area contributed by atoms with E-state index in [0.717, 1.165) is 22.7 Å². The molecule has 0 unspecified atom stereocenters. The third-order valence-corrected chi connectivity index (χ3v) is 5.44. The number of rotatable bonds is 8. The van der Waals surface area contributed by atoms with E-state index in [4.69, 9.17) is 0 Å². The van der Waals surface area contributed by atoms with E-state index in [1.807, 2.05) is 13.8 Å². The minimum atomic E-state index is -3.85. The molecule has 0 saturated carbocycles. The number of hydrogen-bond donors (Lipinski definition) is 2. The number of carbonyl (C=O) groups is 2. The first-order valence-electron chi connectivity index (χ1n) is 9.50. The molecule has 0 saturated heterocycles. The van der Waals surface area contributed by atoms with Crippen LogP contribution in [0.1, 0.15) is 37.6 Å². The summed E-state index contributed by atoms with van der Waals surface area (Å²) in [4.78, 5) is 25.5. The van der Waals surface area contributed by atoms with Gasteiger partial charge in [0.1, 0.15) is 11.9 Å². The lowest BCUT2D eigenvalue weighted by Gasteiger charge is -2.30. The summed E-state index contributed by atoms with van der Waals surface area (Å²) in [5.74, 6) is -1.47. The van der Waals surface area contributed by atoms with Gasteiger partial charge in [-0.25, -0.2) is 12.8 Å². The largest absolute Gasteiger partial charge is 0.350 e. The fourth-order valence-electron chi connectivity index (χ4n) is 2.99. The first kappa shape index (κ1) is 23.3. The highest BCUT2D eigenvalue weighted by Crippen LogP contribution is 2.24. The number of para-hydroxylation sites is 1. The second-order valence-electron chi connectivity index (χ2n) is 7.12. The SMILES string of the molecule is CC[C@@H](C(=O)Nc1ccccc1C(=O)NC(C)C)N(c1ccc(F)cc1)S(C)(=O)=O. The molecule has 0 aliphatic heterocycles.